The van der Waals surface area contributed by atoms with Gasteiger partial charge in [-0.15, -0.1) is 0 Å². The van der Waals surface area contributed by atoms with Crippen molar-refractivity contribution in [3.8, 4) is 11.4 Å². The molecule has 0 N–H and O–H groups in total. The zero-order valence-corrected chi connectivity index (χ0v) is 17.1. The first kappa shape index (κ1) is 21.5. The minimum absolute atomic E-state index is 0.00848. The first-order valence-corrected chi connectivity index (χ1v) is 9.40. The lowest BCUT2D eigenvalue weighted by Crippen LogP contribution is -2.37. The molecular weight excluding hydrogens is 360 g/mol. The molecule has 0 saturated carbocycles. The van der Waals surface area contributed by atoms with Gasteiger partial charge in [0.1, 0.15) is 0 Å². The Morgan fingerprint density at radius 3 is 2.43 bits per heavy atom. The molecule has 2 aromatic rings. The van der Waals surface area contributed by atoms with E-state index < -0.39 is 4.92 Å². The second-order valence-corrected chi connectivity index (χ2v) is 8.54. The van der Waals surface area contributed by atoms with Crippen LogP contribution in [0.25, 0.3) is 11.4 Å². The molecule has 0 radical (unpaired) electrons. The molecular formula is C20H28N4O4. The largest absolute Gasteiger partial charge is 0.342 e. The average molecular weight is 388 g/mol. The second kappa shape index (κ2) is 8.95. The highest BCUT2D eigenvalue weighted by Crippen LogP contribution is 2.22. The van der Waals surface area contributed by atoms with Crippen LogP contribution in [0, 0.1) is 21.4 Å². The molecule has 1 heterocycles. The van der Waals surface area contributed by atoms with Crippen molar-refractivity contribution in [2.24, 2.45) is 11.3 Å². The number of carbonyl (C=O) groups excluding carboxylic acids is 1. The van der Waals surface area contributed by atoms with Crippen molar-refractivity contribution < 1.29 is 14.2 Å². The van der Waals surface area contributed by atoms with Gasteiger partial charge in [-0.2, -0.15) is 4.98 Å². The third-order valence-electron chi connectivity index (χ3n) is 4.02. The molecule has 0 saturated heterocycles. The number of amides is 1. The predicted octanol–water partition coefficient (Wildman–Crippen LogP) is 4.11. The first-order chi connectivity index (χ1) is 13.0. The van der Waals surface area contributed by atoms with Crippen molar-refractivity contribution in [1.29, 1.82) is 0 Å². The van der Waals surface area contributed by atoms with Crippen molar-refractivity contribution in [1.82, 2.24) is 15.0 Å². The van der Waals surface area contributed by atoms with Crippen molar-refractivity contribution in [3.63, 3.8) is 0 Å². The maximum atomic E-state index is 12.6. The molecule has 0 aliphatic carbocycles. The summed E-state index contributed by atoms with van der Waals surface area (Å²) in [5.74, 6) is 1.30. The number of hydrogen-bond acceptors (Lipinski definition) is 6. The summed E-state index contributed by atoms with van der Waals surface area (Å²) >= 11 is 0. The molecule has 2 rings (SSSR count). The van der Waals surface area contributed by atoms with Gasteiger partial charge in [0.2, 0.25) is 17.6 Å². The average Bonchev–Trinajstić information content (AvgIpc) is 3.05. The Kier molecular flexibility index (Phi) is 6.88. The van der Waals surface area contributed by atoms with Crippen LogP contribution in [0.5, 0.6) is 0 Å². The van der Waals surface area contributed by atoms with Crippen LogP contribution in [-0.4, -0.2) is 39.0 Å². The molecule has 152 valence electrons. The molecule has 0 spiro atoms. The van der Waals surface area contributed by atoms with Gasteiger partial charge in [-0.3, -0.25) is 14.9 Å². The number of nitro groups is 1. The number of carbonyl (C=O) groups is 1. The number of aromatic nitrogens is 2. The predicted molar refractivity (Wildman–Crippen MR) is 106 cm³/mol. The van der Waals surface area contributed by atoms with Crippen molar-refractivity contribution >= 4 is 11.6 Å². The molecule has 0 aliphatic rings. The van der Waals surface area contributed by atoms with Crippen LogP contribution in [0.1, 0.15) is 46.9 Å². The van der Waals surface area contributed by atoms with E-state index in [0.29, 0.717) is 49.1 Å². The smallest absolute Gasteiger partial charge is 0.269 e. The summed E-state index contributed by atoms with van der Waals surface area (Å²) in [6, 6.07) is 5.98. The highest BCUT2D eigenvalue weighted by atomic mass is 16.6. The number of nitrogens with zero attached hydrogens (tertiary/aromatic N) is 4. The van der Waals surface area contributed by atoms with Gasteiger partial charge in [-0.1, -0.05) is 39.8 Å². The van der Waals surface area contributed by atoms with Crippen LogP contribution in [0.2, 0.25) is 0 Å². The van der Waals surface area contributed by atoms with Gasteiger partial charge in [-0.05, 0) is 23.5 Å². The molecule has 0 aliphatic heterocycles. The minimum Gasteiger partial charge on any atom is -0.342 e. The normalized spacial score (nSPS) is 11.6. The van der Waals surface area contributed by atoms with Crippen LogP contribution in [-0.2, 0) is 11.2 Å². The zero-order chi connectivity index (χ0) is 20.9. The number of benzene rings is 1. The molecule has 8 nitrogen and oxygen atoms in total. The van der Waals surface area contributed by atoms with E-state index in [0.717, 1.165) is 0 Å². The Bertz CT molecular complexity index is 806. The van der Waals surface area contributed by atoms with Crippen LogP contribution in [0.4, 0.5) is 5.69 Å². The third-order valence-corrected chi connectivity index (χ3v) is 4.02. The van der Waals surface area contributed by atoms with Gasteiger partial charge in [0, 0.05) is 43.6 Å². The number of rotatable bonds is 8. The topological polar surface area (TPSA) is 102 Å². The minimum atomic E-state index is -0.455. The monoisotopic (exact) mass is 388 g/mol. The lowest BCUT2D eigenvalue weighted by Gasteiger charge is -2.27. The van der Waals surface area contributed by atoms with E-state index in [-0.39, 0.29) is 17.0 Å². The van der Waals surface area contributed by atoms with E-state index in [9.17, 15) is 14.9 Å². The van der Waals surface area contributed by atoms with E-state index in [1.807, 2.05) is 25.7 Å². The summed E-state index contributed by atoms with van der Waals surface area (Å²) in [5.41, 5.74) is 0.581. The summed E-state index contributed by atoms with van der Waals surface area (Å²) in [6.45, 7) is 11.5. The SMILES string of the molecule is CC(C)CN(CCc1nc(-c2ccc([N+](=O)[O-])cc2)no1)C(=O)CC(C)(C)C. The fourth-order valence-electron chi connectivity index (χ4n) is 2.76. The fraction of sp³-hybridized carbons (Fsp3) is 0.550. The van der Waals surface area contributed by atoms with Crippen molar-refractivity contribution in [2.75, 3.05) is 13.1 Å². The van der Waals surface area contributed by atoms with Gasteiger partial charge >= 0.3 is 0 Å². The number of non-ortho nitro benzene ring substituents is 1. The molecule has 0 atom stereocenters. The Labute approximate surface area is 165 Å². The number of nitro benzene ring substituents is 1. The Morgan fingerprint density at radius 1 is 1.25 bits per heavy atom. The van der Waals surface area contributed by atoms with Crippen LogP contribution >= 0.6 is 0 Å². The summed E-state index contributed by atoms with van der Waals surface area (Å²) in [5, 5.41) is 14.7. The van der Waals surface area contributed by atoms with Crippen LogP contribution < -0.4 is 0 Å². The highest BCUT2D eigenvalue weighted by molar-refractivity contribution is 5.76. The molecule has 1 aromatic heterocycles. The number of hydrogen-bond donors (Lipinski definition) is 0. The van der Waals surface area contributed by atoms with Gasteiger partial charge in [0.25, 0.3) is 5.69 Å². The summed E-state index contributed by atoms with van der Waals surface area (Å²) in [6.07, 6.45) is 0.945. The van der Waals surface area contributed by atoms with E-state index in [2.05, 4.69) is 24.0 Å². The Balaban J connectivity index is 2.03. The van der Waals surface area contributed by atoms with Gasteiger partial charge < -0.3 is 9.42 Å². The maximum absolute atomic E-state index is 12.6. The summed E-state index contributed by atoms with van der Waals surface area (Å²) < 4.78 is 5.30. The van der Waals surface area contributed by atoms with Crippen molar-refractivity contribution in [3.05, 3.63) is 40.3 Å². The fourth-order valence-corrected chi connectivity index (χ4v) is 2.76. The van der Waals surface area contributed by atoms with E-state index in [1.54, 1.807) is 12.1 Å². The first-order valence-electron chi connectivity index (χ1n) is 9.40. The van der Waals surface area contributed by atoms with Gasteiger partial charge in [0.15, 0.2) is 0 Å². The van der Waals surface area contributed by atoms with Gasteiger partial charge in [-0.25, -0.2) is 0 Å². The lowest BCUT2D eigenvalue weighted by molar-refractivity contribution is -0.384. The molecule has 1 aromatic carbocycles. The summed E-state index contributed by atoms with van der Waals surface area (Å²) in [4.78, 5) is 29.1. The lowest BCUT2D eigenvalue weighted by atomic mass is 9.91. The second-order valence-electron chi connectivity index (χ2n) is 8.54. The van der Waals surface area contributed by atoms with Crippen molar-refractivity contribution in [2.45, 2.75) is 47.5 Å². The quantitative estimate of drug-likeness (QED) is 0.498. The summed E-state index contributed by atoms with van der Waals surface area (Å²) in [7, 11) is 0. The van der Waals surface area contributed by atoms with E-state index in [4.69, 9.17) is 4.52 Å². The molecule has 0 bridgehead atoms. The van der Waals surface area contributed by atoms with Crippen LogP contribution in [0.15, 0.2) is 28.8 Å². The molecule has 1 amide bonds. The zero-order valence-electron chi connectivity index (χ0n) is 17.1. The Hall–Kier alpha value is -2.77. The maximum Gasteiger partial charge on any atom is 0.269 e. The standard InChI is InChI=1S/C20H28N4O4/c1-14(2)13-23(18(25)12-20(3,4)5)11-10-17-21-19(22-28-17)15-6-8-16(9-7-15)24(26)27/h6-9,14H,10-13H2,1-5H3. The molecule has 8 heteroatoms. The highest BCUT2D eigenvalue weighted by Gasteiger charge is 2.22. The van der Waals surface area contributed by atoms with E-state index in [1.165, 1.54) is 12.1 Å². The van der Waals surface area contributed by atoms with E-state index >= 15 is 0 Å². The molecule has 0 unspecified atom stereocenters. The third kappa shape index (κ3) is 6.44. The molecule has 0 fully saturated rings. The Morgan fingerprint density at radius 2 is 1.89 bits per heavy atom. The molecule has 28 heavy (non-hydrogen) atoms. The van der Waals surface area contributed by atoms with Gasteiger partial charge in [0.05, 0.1) is 4.92 Å². The van der Waals surface area contributed by atoms with Crippen LogP contribution in [0.3, 0.4) is 0 Å².